The molecule has 3 nitrogen and oxygen atoms in total. The van der Waals surface area contributed by atoms with E-state index < -0.39 is 0 Å². The van der Waals surface area contributed by atoms with Crippen LogP contribution in [0.1, 0.15) is 5.56 Å². The summed E-state index contributed by atoms with van der Waals surface area (Å²) in [6, 6.07) is 14.3. The Labute approximate surface area is 125 Å². The van der Waals surface area contributed by atoms with Crippen molar-refractivity contribution in [2.24, 2.45) is 0 Å². The van der Waals surface area contributed by atoms with Crippen molar-refractivity contribution in [3.05, 3.63) is 57.9 Å². The molecule has 4 heteroatoms. The zero-order chi connectivity index (χ0) is 13.2. The van der Waals surface area contributed by atoms with Crippen molar-refractivity contribution in [1.29, 1.82) is 0 Å². The molecule has 0 unspecified atom stereocenters. The molecule has 1 aromatic heterocycles. The number of halogens is 1. The van der Waals surface area contributed by atoms with E-state index in [4.69, 9.17) is 0 Å². The fraction of sp³-hybridized carbons (Fsp3) is 0.0667. The van der Waals surface area contributed by atoms with E-state index in [9.17, 15) is 0 Å². The van der Waals surface area contributed by atoms with Crippen LogP contribution in [-0.2, 0) is 0 Å². The summed E-state index contributed by atoms with van der Waals surface area (Å²) in [6.07, 6.45) is 1.59. The van der Waals surface area contributed by atoms with Gasteiger partial charge in [-0.3, -0.25) is 0 Å². The standard InChI is InChI=1S/C15H12IN3/c1-10-4-2-3-5-13(10)19-15-12-8-11(16)6-7-14(12)17-9-18-15/h2-9H,1H3,(H,17,18,19). The second-order valence-corrected chi connectivity index (χ2v) is 5.57. The van der Waals surface area contributed by atoms with Crippen LogP contribution in [-0.4, -0.2) is 9.97 Å². The monoisotopic (exact) mass is 361 g/mol. The summed E-state index contributed by atoms with van der Waals surface area (Å²) < 4.78 is 1.17. The molecule has 0 fully saturated rings. The summed E-state index contributed by atoms with van der Waals surface area (Å²) in [7, 11) is 0. The minimum absolute atomic E-state index is 0.845. The van der Waals surface area contributed by atoms with Gasteiger partial charge in [0.1, 0.15) is 12.1 Å². The Morgan fingerprint density at radius 3 is 2.74 bits per heavy atom. The highest BCUT2D eigenvalue weighted by Gasteiger charge is 2.05. The number of nitrogens with zero attached hydrogens (tertiary/aromatic N) is 2. The predicted octanol–water partition coefficient (Wildman–Crippen LogP) is 4.29. The molecule has 1 N–H and O–H groups in total. The van der Waals surface area contributed by atoms with E-state index in [1.54, 1.807) is 6.33 Å². The van der Waals surface area contributed by atoms with Gasteiger partial charge >= 0.3 is 0 Å². The maximum absolute atomic E-state index is 4.36. The van der Waals surface area contributed by atoms with Crippen LogP contribution in [0.5, 0.6) is 0 Å². The Morgan fingerprint density at radius 1 is 1.05 bits per heavy atom. The fourth-order valence-corrected chi connectivity index (χ4v) is 2.46. The maximum atomic E-state index is 4.36. The van der Waals surface area contributed by atoms with Gasteiger partial charge in [0.25, 0.3) is 0 Å². The molecule has 0 saturated heterocycles. The van der Waals surface area contributed by atoms with Gasteiger partial charge in [-0.05, 0) is 59.3 Å². The predicted molar refractivity (Wildman–Crippen MR) is 86.7 cm³/mol. The molecular weight excluding hydrogens is 349 g/mol. The first kappa shape index (κ1) is 12.3. The first-order valence-electron chi connectivity index (χ1n) is 5.97. The minimum Gasteiger partial charge on any atom is -0.339 e. The molecule has 0 atom stereocenters. The molecule has 3 rings (SSSR count). The highest BCUT2D eigenvalue weighted by atomic mass is 127. The zero-order valence-electron chi connectivity index (χ0n) is 10.4. The van der Waals surface area contributed by atoms with Gasteiger partial charge in [0.05, 0.1) is 5.52 Å². The van der Waals surface area contributed by atoms with Crippen LogP contribution in [0.15, 0.2) is 48.8 Å². The molecule has 0 saturated carbocycles. The molecule has 94 valence electrons. The average molecular weight is 361 g/mol. The topological polar surface area (TPSA) is 37.8 Å². The number of hydrogen-bond acceptors (Lipinski definition) is 3. The van der Waals surface area contributed by atoms with E-state index in [1.165, 1.54) is 9.13 Å². The fourth-order valence-electron chi connectivity index (χ4n) is 1.97. The van der Waals surface area contributed by atoms with Crippen LogP contribution in [0, 0.1) is 10.5 Å². The van der Waals surface area contributed by atoms with E-state index in [0.29, 0.717) is 0 Å². The summed E-state index contributed by atoms with van der Waals surface area (Å²) in [6.45, 7) is 2.08. The molecule has 0 aliphatic heterocycles. The summed E-state index contributed by atoms with van der Waals surface area (Å²) >= 11 is 2.30. The lowest BCUT2D eigenvalue weighted by atomic mass is 10.2. The smallest absolute Gasteiger partial charge is 0.141 e. The number of aromatic nitrogens is 2. The highest BCUT2D eigenvalue weighted by Crippen LogP contribution is 2.25. The van der Waals surface area contributed by atoms with Gasteiger partial charge < -0.3 is 5.32 Å². The molecule has 2 aromatic carbocycles. The number of hydrogen-bond donors (Lipinski definition) is 1. The first-order chi connectivity index (χ1) is 9.24. The number of anilines is 2. The normalized spacial score (nSPS) is 10.6. The van der Waals surface area contributed by atoms with Crippen LogP contribution < -0.4 is 5.32 Å². The average Bonchev–Trinajstić information content (AvgIpc) is 2.42. The molecule has 0 bridgehead atoms. The van der Waals surface area contributed by atoms with Crippen molar-refractivity contribution in [1.82, 2.24) is 9.97 Å². The summed E-state index contributed by atoms with van der Waals surface area (Å²) in [4.78, 5) is 8.65. The molecule has 19 heavy (non-hydrogen) atoms. The molecule has 0 amide bonds. The third-order valence-corrected chi connectivity index (χ3v) is 3.67. The lowest BCUT2D eigenvalue weighted by Crippen LogP contribution is -1.97. The number of benzene rings is 2. The van der Waals surface area contributed by atoms with Crippen molar-refractivity contribution in [2.75, 3.05) is 5.32 Å². The number of para-hydroxylation sites is 1. The van der Waals surface area contributed by atoms with Gasteiger partial charge in [-0.2, -0.15) is 0 Å². The lowest BCUT2D eigenvalue weighted by Gasteiger charge is -2.10. The molecule has 0 aliphatic carbocycles. The zero-order valence-corrected chi connectivity index (χ0v) is 12.5. The number of nitrogens with one attached hydrogen (secondary N) is 1. The molecule has 0 radical (unpaired) electrons. The number of aryl methyl sites for hydroxylation is 1. The van der Waals surface area contributed by atoms with Crippen molar-refractivity contribution in [3.8, 4) is 0 Å². The van der Waals surface area contributed by atoms with Gasteiger partial charge in [0, 0.05) is 14.6 Å². The Kier molecular flexibility index (Phi) is 3.33. The van der Waals surface area contributed by atoms with Gasteiger partial charge in [0.15, 0.2) is 0 Å². The van der Waals surface area contributed by atoms with Crippen LogP contribution in [0.25, 0.3) is 10.9 Å². The maximum Gasteiger partial charge on any atom is 0.141 e. The Bertz CT molecular complexity index is 740. The van der Waals surface area contributed by atoms with Crippen molar-refractivity contribution in [3.63, 3.8) is 0 Å². The van der Waals surface area contributed by atoms with Crippen LogP contribution >= 0.6 is 22.6 Å². The third-order valence-electron chi connectivity index (χ3n) is 3.00. The quantitative estimate of drug-likeness (QED) is 0.692. The molecule has 3 aromatic rings. The summed E-state index contributed by atoms with van der Waals surface area (Å²) in [5.74, 6) is 0.845. The van der Waals surface area contributed by atoms with E-state index in [-0.39, 0.29) is 0 Å². The van der Waals surface area contributed by atoms with Crippen molar-refractivity contribution >= 4 is 45.0 Å². The van der Waals surface area contributed by atoms with Crippen molar-refractivity contribution < 1.29 is 0 Å². The van der Waals surface area contributed by atoms with Gasteiger partial charge in [0.2, 0.25) is 0 Å². The second-order valence-electron chi connectivity index (χ2n) is 4.32. The van der Waals surface area contributed by atoms with Gasteiger partial charge in [-0.25, -0.2) is 9.97 Å². The third kappa shape index (κ3) is 2.53. The highest BCUT2D eigenvalue weighted by molar-refractivity contribution is 14.1. The largest absolute Gasteiger partial charge is 0.339 e. The second kappa shape index (κ2) is 5.13. The van der Waals surface area contributed by atoms with Crippen LogP contribution in [0.4, 0.5) is 11.5 Å². The number of rotatable bonds is 2. The van der Waals surface area contributed by atoms with E-state index in [0.717, 1.165) is 22.4 Å². The van der Waals surface area contributed by atoms with Gasteiger partial charge in [-0.15, -0.1) is 0 Å². The van der Waals surface area contributed by atoms with E-state index >= 15 is 0 Å². The molecular formula is C15H12IN3. The van der Waals surface area contributed by atoms with Crippen LogP contribution in [0.2, 0.25) is 0 Å². The SMILES string of the molecule is Cc1ccccc1Nc1ncnc2ccc(I)cc12. The van der Waals surface area contributed by atoms with E-state index in [2.05, 4.69) is 63.0 Å². The molecule has 0 aliphatic rings. The lowest BCUT2D eigenvalue weighted by molar-refractivity contribution is 1.21. The van der Waals surface area contributed by atoms with Gasteiger partial charge in [-0.1, -0.05) is 18.2 Å². The Hall–Kier alpha value is -1.69. The van der Waals surface area contributed by atoms with E-state index in [1.807, 2.05) is 24.3 Å². The molecule has 1 heterocycles. The Balaban J connectivity index is 2.10. The molecule has 0 spiro atoms. The summed E-state index contributed by atoms with van der Waals surface area (Å²) in [5, 5.41) is 4.43. The number of fused-ring (bicyclic) bond motifs is 1. The summed E-state index contributed by atoms with van der Waals surface area (Å²) in [5.41, 5.74) is 3.22. The minimum atomic E-state index is 0.845. The van der Waals surface area contributed by atoms with Crippen LogP contribution in [0.3, 0.4) is 0 Å². The Morgan fingerprint density at radius 2 is 1.89 bits per heavy atom. The first-order valence-corrected chi connectivity index (χ1v) is 7.05. The van der Waals surface area contributed by atoms with Crippen molar-refractivity contribution in [2.45, 2.75) is 6.92 Å².